The first-order valence-electron chi connectivity index (χ1n) is 3.32. The van der Waals surface area contributed by atoms with E-state index in [4.69, 9.17) is 4.52 Å². The average Bonchev–Trinajstić information content (AvgIpc) is 1.89. The Morgan fingerprint density at radius 3 is 2.60 bits per heavy atom. The SMILES string of the molecule is CC1(O[PH+]=O)NCCCN1. The minimum atomic E-state index is -0.715. The lowest BCUT2D eigenvalue weighted by atomic mass is 10.3. The first-order chi connectivity index (χ1) is 4.77. The molecule has 1 aliphatic rings. The number of rotatable bonds is 2. The van der Waals surface area contributed by atoms with Gasteiger partial charge in [-0.25, -0.2) is 0 Å². The lowest BCUT2D eigenvalue weighted by Gasteiger charge is -2.29. The molecule has 1 atom stereocenters. The van der Waals surface area contributed by atoms with Crippen molar-refractivity contribution in [1.82, 2.24) is 10.6 Å². The molecule has 5 heteroatoms. The Hall–Kier alpha value is -0.0200. The molecule has 0 aromatic heterocycles. The largest absolute Gasteiger partial charge is 0.497 e. The highest BCUT2D eigenvalue weighted by atomic mass is 31.1. The highest BCUT2D eigenvalue weighted by molar-refractivity contribution is 7.17. The summed E-state index contributed by atoms with van der Waals surface area (Å²) in [7, 11) is -0.715. The van der Waals surface area contributed by atoms with Crippen LogP contribution < -0.4 is 10.6 Å². The first-order valence-corrected chi connectivity index (χ1v) is 4.14. The Balaban J connectivity index is 2.39. The van der Waals surface area contributed by atoms with Crippen LogP contribution in [-0.4, -0.2) is 18.9 Å². The van der Waals surface area contributed by atoms with Crippen LogP contribution in [0.2, 0.25) is 0 Å². The zero-order chi connectivity index (χ0) is 7.45. The molecular formula is C5H12N2O2P+. The Bertz CT molecular complexity index is 125. The molecule has 0 radical (unpaired) electrons. The quantitative estimate of drug-likeness (QED) is 0.571. The second kappa shape index (κ2) is 3.39. The van der Waals surface area contributed by atoms with Crippen molar-refractivity contribution >= 4 is 8.69 Å². The van der Waals surface area contributed by atoms with E-state index in [1.165, 1.54) is 0 Å². The summed E-state index contributed by atoms with van der Waals surface area (Å²) in [5, 5.41) is 6.14. The third kappa shape index (κ3) is 1.99. The van der Waals surface area contributed by atoms with Crippen LogP contribution in [0.5, 0.6) is 0 Å². The molecule has 10 heavy (non-hydrogen) atoms. The van der Waals surface area contributed by atoms with Crippen LogP contribution in [0.4, 0.5) is 0 Å². The fourth-order valence-corrected chi connectivity index (χ4v) is 1.27. The van der Waals surface area contributed by atoms with Crippen LogP contribution in [-0.2, 0) is 9.09 Å². The van der Waals surface area contributed by atoms with Crippen LogP contribution in [0.3, 0.4) is 0 Å². The molecule has 1 rings (SSSR count). The Kier molecular flexibility index (Phi) is 2.74. The standard InChI is InChI=1S/C5H12N2O2P/c1-5(9-10-8)6-3-2-4-7-5/h6-7,10H,2-4H2,1H3/q+1. The van der Waals surface area contributed by atoms with Gasteiger partial charge in [-0.15, -0.1) is 4.52 Å². The summed E-state index contributed by atoms with van der Waals surface area (Å²) in [6, 6.07) is 0. The molecule has 1 unspecified atom stereocenters. The molecule has 0 amide bonds. The van der Waals surface area contributed by atoms with E-state index in [1.807, 2.05) is 6.92 Å². The van der Waals surface area contributed by atoms with Crippen LogP contribution in [0, 0.1) is 0 Å². The summed E-state index contributed by atoms with van der Waals surface area (Å²) >= 11 is 0. The van der Waals surface area contributed by atoms with Crippen molar-refractivity contribution in [3.05, 3.63) is 0 Å². The van der Waals surface area contributed by atoms with Gasteiger partial charge in [-0.05, 0) is 17.9 Å². The summed E-state index contributed by atoms with van der Waals surface area (Å²) in [5.74, 6) is -0.571. The van der Waals surface area contributed by atoms with Crippen molar-refractivity contribution in [2.75, 3.05) is 13.1 Å². The lowest BCUT2D eigenvalue weighted by Crippen LogP contribution is -2.59. The van der Waals surface area contributed by atoms with E-state index in [0.717, 1.165) is 19.5 Å². The summed E-state index contributed by atoms with van der Waals surface area (Å²) in [5.41, 5.74) is 0. The molecule has 0 aromatic carbocycles. The molecule has 0 aromatic rings. The fourth-order valence-electron chi connectivity index (χ4n) is 0.960. The molecule has 2 N–H and O–H groups in total. The van der Waals surface area contributed by atoms with Crippen LogP contribution >= 0.6 is 8.69 Å². The molecule has 0 saturated carbocycles. The van der Waals surface area contributed by atoms with Crippen molar-refractivity contribution in [2.24, 2.45) is 0 Å². The maximum Gasteiger partial charge on any atom is 0.497 e. The van der Waals surface area contributed by atoms with Crippen molar-refractivity contribution in [1.29, 1.82) is 0 Å². The van der Waals surface area contributed by atoms with Crippen molar-refractivity contribution in [3.63, 3.8) is 0 Å². The van der Waals surface area contributed by atoms with Gasteiger partial charge in [-0.1, -0.05) is 0 Å². The van der Waals surface area contributed by atoms with Gasteiger partial charge in [0.2, 0.25) is 5.85 Å². The Morgan fingerprint density at radius 2 is 2.10 bits per heavy atom. The third-order valence-electron chi connectivity index (χ3n) is 1.52. The molecule has 1 fully saturated rings. The molecule has 1 heterocycles. The molecule has 4 nitrogen and oxygen atoms in total. The normalized spacial score (nSPS) is 24.9. The predicted octanol–water partition coefficient (Wildman–Crippen LogP) is 0.199. The van der Waals surface area contributed by atoms with Crippen molar-refractivity contribution < 1.29 is 9.09 Å². The monoisotopic (exact) mass is 163 g/mol. The van der Waals surface area contributed by atoms with Crippen molar-refractivity contribution in [3.8, 4) is 0 Å². The lowest BCUT2D eigenvalue weighted by molar-refractivity contribution is 0.0147. The van der Waals surface area contributed by atoms with Gasteiger partial charge in [0.15, 0.2) is 0 Å². The zero-order valence-electron chi connectivity index (χ0n) is 5.94. The smallest absolute Gasteiger partial charge is 0.273 e. The van der Waals surface area contributed by atoms with Gasteiger partial charge in [0, 0.05) is 13.1 Å². The summed E-state index contributed by atoms with van der Waals surface area (Å²) in [6.07, 6.45) is 1.08. The number of hydrogen-bond donors (Lipinski definition) is 2. The van der Waals surface area contributed by atoms with E-state index in [0.29, 0.717) is 0 Å². The molecular weight excluding hydrogens is 151 g/mol. The molecule has 1 saturated heterocycles. The maximum atomic E-state index is 10.1. The highest BCUT2D eigenvalue weighted by Crippen LogP contribution is 2.12. The number of hydrogen-bond acceptors (Lipinski definition) is 4. The molecule has 58 valence electrons. The van der Waals surface area contributed by atoms with Gasteiger partial charge in [0.25, 0.3) is 0 Å². The average molecular weight is 163 g/mol. The minimum absolute atomic E-state index is 0.571. The molecule has 0 aliphatic carbocycles. The van der Waals surface area contributed by atoms with Gasteiger partial charge in [-0.2, -0.15) is 0 Å². The van der Waals surface area contributed by atoms with E-state index >= 15 is 0 Å². The van der Waals surface area contributed by atoms with Crippen LogP contribution in [0.1, 0.15) is 13.3 Å². The fraction of sp³-hybridized carbons (Fsp3) is 1.00. The highest BCUT2D eigenvalue weighted by Gasteiger charge is 2.30. The van der Waals surface area contributed by atoms with E-state index in [9.17, 15) is 4.57 Å². The molecule has 1 aliphatic heterocycles. The summed E-state index contributed by atoms with van der Waals surface area (Å²) in [6.45, 7) is 3.65. The van der Waals surface area contributed by atoms with Gasteiger partial charge in [0.05, 0.1) is 0 Å². The van der Waals surface area contributed by atoms with E-state index < -0.39 is 14.5 Å². The van der Waals surface area contributed by atoms with Crippen molar-refractivity contribution in [2.45, 2.75) is 19.2 Å². The van der Waals surface area contributed by atoms with Gasteiger partial charge in [-0.3, -0.25) is 10.6 Å². The van der Waals surface area contributed by atoms with Gasteiger partial charge < -0.3 is 0 Å². The van der Waals surface area contributed by atoms with E-state index in [-0.39, 0.29) is 0 Å². The Morgan fingerprint density at radius 1 is 1.50 bits per heavy atom. The van der Waals surface area contributed by atoms with Gasteiger partial charge >= 0.3 is 8.69 Å². The van der Waals surface area contributed by atoms with Crippen LogP contribution in [0.15, 0.2) is 0 Å². The molecule has 0 bridgehead atoms. The first kappa shape index (κ1) is 8.08. The van der Waals surface area contributed by atoms with Crippen LogP contribution in [0.25, 0.3) is 0 Å². The Labute approximate surface area is 61.6 Å². The third-order valence-corrected chi connectivity index (χ3v) is 2.02. The zero-order valence-corrected chi connectivity index (χ0v) is 6.94. The molecule has 0 spiro atoms. The summed E-state index contributed by atoms with van der Waals surface area (Å²) < 4.78 is 15.0. The maximum absolute atomic E-state index is 10.1. The summed E-state index contributed by atoms with van der Waals surface area (Å²) in [4.78, 5) is 0. The van der Waals surface area contributed by atoms with E-state index in [1.54, 1.807) is 0 Å². The predicted molar refractivity (Wildman–Crippen MR) is 39.1 cm³/mol. The van der Waals surface area contributed by atoms with E-state index in [2.05, 4.69) is 10.6 Å². The van der Waals surface area contributed by atoms with Gasteiger partial charge in [0.1, 0.15) is 0 Å². The second-order valence-corrected chi connectivity index (χ2v) is 2.80. The second-order valence-electron chi connectivity index (χ2n) is 2.43. The number of nitrogens with one attached hydrogen (secondary N) is 2. The topological polar surface area (TPSA) is 50.4 Å². The minimum Gasteiger partial charge on any atom is -0.273 e.